The summed E-state index contributed by atoms with van der Waals surface area (Å²) in [6.45, 7) is -0.228. The lowest BCUT2D eigenvalue weighted by molar-refractivity contribution is -0.137. The van der Waals surface area contributed by atoms with Gasteiger partial charge in [-0.15, -0.1) is 0 Å². The van der Waals surface area contributed by atoms with Crippen LogP contribution in [0.3, 0.4) is 0 Å². The minimum atomic E-state index is -4.47. The van der Waals surface area contributed by atoms with Crippen LogP contribution in [0.25, 0.3) is 11.0 Å². The molecule has 0 spiro atoms. The van der Waals surface area contributed by atoms with Crippen LogP contribution in [0.2, 0.25) is 0 Å². The van der Waals surface area contributed by atoms with Crippen LogP contribution in [-0.2, 0) is 22.0 Å². The highest BCUT2D eigenvalue weighted by atomic mass is 32.2. The summed E-state index contributed by atoms with van der Waals surface area (Å²) in [5.41, 5.74) is -0.0778. The first-order chi connectivity index (χ1) is 12.7. The van der Waals surface area contributed by atoms with Gasteiger partial charge in [0.1, 0.15) is 23.8 Å². The van der Waals surface area contributed by atoms with Gasteiger partial charge in [-0.1, -0.05) is 23.4 Å². The molecule has 0 saturated carbocycles. The van der Waals surface area contributed by atoms with Gasteiger partial charge in [0.05, 0.1) is 5.56 Å². The van der Waals surface area contributed by atoms with E-state index < -0.39 is 21.8 Å². The fourth-order valence-corrected chi connectivity index (χ4v) is 3.47. The summed E-state index contributed by atoms with van der Waals surface area (Å²) in [5.74, 6) is -0.375. The molecule has 0 atom stereocenters. The first-order valence-electron chi connectivity index (χ1n) is 7.85. The van der Waals surface area contributed by atoms with Gasteiger partial charge in [0, 0.05) is 11.9 Å². The van der Waals surface area contributed by atoms with E-state index in [1.54, 1.807) is 24.3 Å². The average Bonchev–Trinajstić information content (AvgIpc) is 3.01. The third-order valence-corrected chi connectivity index (χ3v) is 4.93. The lowest BCUT2D eigenvalue weighted by Crippen LogP contribution is -2.29. The lowest BCUT2D eigenvalue weighted by Gasteiger charge is -2.10. The Hall–Kier alpha value is -2.59. The van der Waals surface area contributed by atoms with Crippen LogP contribution >= 0.6 is 0 Å². The molecule has 144 valence electrons. The van der Waals surface area contributed by atoms with Gasteiger partial charge in [0.15, 0.2) is 5.58 Å². The zero-order valence-electron chi connectivity index (χ0n) is 13.9. The first-order valence-corrected chi connectivity index (χ1v) is 9.50. The minimum Gasteiger partial charge on any atom is -0.492 e. The summed E-state index contributed by atoms with van der Waals surface area (Å²) in [6, 6.07) is 11.2. The standard InChI is InChI=1S/C17H15F3N2O4S/c18-17(19,20)12-4-3-5-13(10-12)25-9-8-21-27(23,24)11-15-14-6-1-2-7-16(14)26-22-15/h1-7,10,21H,8-9,11H2. The number of nitrogens with zero attached hydrogens (tertiary/aromatic N) is 1. The number of sulfonamides is 1. The molecule has 0 amide bonds. The van der Waals surface area contributed by atoms with Crippen molar-refractivity contribution in [2.75, 3.05) is 13.2 Å². The Labute approximate surface area is 153 Å². The second kappa shape index (κ2) is 7.57. The fourth-order valence-electron chi connectivity index (χ4n) is 2.40. The minimum absolute atomic E-state index is 0.00604. The number of para-hydroxylation sites is 1. The molecular formula is C17H15F3N2O4S. The first kappa shape index (κ1) is 19.2. The number of alkyl halides is 3. The monoisotopic (exact) mass is 400 g/mol. The quantitative estimate of drug-likeness (QED) is 0.615. The molecule has 27 heavy (non-hydrogen) atoms. The van der Waals surface area contributed by atoms with Crippen LogP contribution in [0.15, 0.2) is 53.1 Å². The van der Waals surface area contributed by atoms with Crippen molar-refractivity contribution in [1.82, 2.24) is 9.88 Å². The second-order valence-corrected chi connectivity index (χ2v) is 7.46. The molecule has 0 aliphatic carbocycles. The highest BCUT2D eigenvalue weighted by Gasteiger charge is 2.30. The van der Waals surface area contributed by atoms with Crippen molar-refractivity contribution in [2.45, 2.75) is 11.9 Å². The molecule has 0 unspecified atom stereocenters. The summed E-state index contributed by atoms with van der Waals surface area (Å²) in [5, 5.41) is 4.36. The van der Waals surface area contributed by atoms with Gasteiger partial charge < -0.3 is 9.26 Å². The van der Waals surface area contributed by atoms with Gasteiger partial charge >= 0.3 is 6.18 Å². The highest BCUT2D eigenvalue weighted by molar-refractivity contribution is 7.88. The molecule has 0 aliphatic heterocycles. The molecule has 1 aromatic heterocycles. The molecule has 3 rings (SSSR count). The van der Waals surface area contributed by atoms with E-state index in [-0.39, 0.29) is 30.3 Å². The Morgan fingerprint density at radius 2 is 1.89 bits per heavy atom. The van der Waals surface area contributed by atoms with Crippen LogP contribution in [0.4, 0.5) is 13.2 Å². The molecule has 10 heteroatoms. The van der Waals surface area contributed by atoms with Crippen molar-refractivity contribution < 1.29 is 30.8 Å². The van der Waals surface area contributed by atoms with Gasteiger partial charge in [0.25, 0.3) is 0 Å². The van der Waals surface area contributed by atoms with Crippen LogP contribution in [0.5, 0.6) is 5.75 Å². The second-order valence-electron chi connectivity index (χ2n) is 5.65. The highest BCUT2D eigenvalue weighted by Crippen LogP contribution is 2.31. The van der Waals surface area contributed by atoms with E-state index in [0.717, 1.165) is 12.1 Å². The molecule has 0 fully saturated rings. The molecular weight excluding hydrogens is 385 g/mol. The number of nitrogens with one attached hydrogen (secondary N) is 1. The third-order valence-electron chi connectivity index (χ3n) is 3.63. The molecule has 0 aliphatic rings. The Bertz CT molecular complexity index is 1030. The Kier molecular flexibility index (Phi) is 5.38. The Morgan fingerprint density at radius 3 is 2.67 bits per heavy atom. The number of hydrogen-bond donors (Lipinski definition) is 1. The van der Waals surface area contributed by atoms with E-state index in [9.17, 15) is 21.6 Å². The summed E-state index contributed by atoms with van der Waals surface area (Å²) in [6.07, 6.45) is -4.47. The average molecular weight is 400 g/mol. The van der Waals surface area contributed by atoms with Gasteiger partial charge in [-0.2, -0.15) is 13.2 Å². The number of aromatic nitrogens is 1. The topological polar surface area (TPSA) is 81.4 Å². The molecule has 0 saturated heterocycles. The number of fused-ring (bicyclic) bond motifs is 1. The molecule has 2 aromatic carbocycles. The normalized spacial score (nSPS) is 12.4. The number of rotatable bonds is 7. The fraction of sp³-hybridized carbons (Fsp3) is 0.235. The molecule has 0 bridgehead atoms. The SMILES string of the molecule is O=S(=O)(Cc1noc2ccccc12)NCCOc1cccc(C(F)(F)F)c1. The Morgan fingerprint density at radius 1 is 1.11 bits per heavy atom. The molecule has 0 radical (unpaired) electrons. The van der Waals surface area contributed by atoms with Gasteiger partial charge in [0.2, 0.25) is 10.0 Å². The molecule has 1 heterocycles. The van der Waals surface area contributed by atoms with Crippen LogP contribution in [-0.4, -0.2) is 26.7 Å². The molecule has 3 aromatic rings. The van der Waals surface area contributed by atoms with E-state index in [1.807, 2.05) is 0 Å². The van der Waals surface area contributed by atoms with Gasteiger partial charge in [-0.25, -0.2) is 13.1 Å². The van der Waals surface area contributed by atoms with Crippen LogP contribution in [0.1, 0.15) is 11.3 Å². The molecule has 1 N–H and O–H groups in total. The Balaban J connectivity index is 1.54. The van der Waals surface area contributed by atoms with E-state index in [0.29, 0.717) is 11.0 Å². The largest absolute Gasteiger partial charge is 0.492 e. The summed E-state index contributed by atoms with van der Waals surface area (Å²) in [7, 11) is -3.71. The van der Waals surface area contributed by atoms with Gasteiger partial charge in [-0.3, -0.25) is 0 Å². The summed E-state index contributed by atoms with van der Waals surface area (Å²) in [4.78, 5) is 0. The predicted octanol–water partition coefficient (Wildman–Crippen LogP) is 3.35. The lowest BCUT2D eigenvalue weighted by atomic mass is 10.2. The van der Waals surface area contributed by atoms with Crippen molar-refractivity contribution in [3.63, 3.8) is 0 Å². The van der Waals surface area contributed by atoms with Crippen molar-refractivity contribution in [2.24, 2.45) is 0 Å². The van der Waals surface area contributed by atoms with E-state index >= 15 is 0 Å². The zero-order valence-corrected chi connectivity index (χ0v) is 14.7. The number of benzene rings is 2. The van der Waals surface area contributed by atoms with E-state index in [2.05, 4.69) is 9.88 Å². The van der Waals surface area contributed by atoms with Crippen molar-refractivity contribution in [1.29, 1.82) is 0 Å². The maximum atomic E-state index is 12.6. The zero-order chi connectivity index (χ0) is 19.5. The van der Waals surface area contributed by atoms with Crippen LogP contribution < -0.4 is 9.46 Å². The summed E-state index contributed by atoms with van der Waals surface area (Å²) < 4.78 is 74.8. The maximum Gasteiger partial charge on any atom is 0.416 e. The van der Waals surface area contributed by atoms with Gasteiger partial charge in [-0.05, 0) is 30.3 Å². The van der Waals surface area contributed by atoms with E-state index in [4.69, 9.17) is 9.26 Å². The van der Waals surface area contributed by atoms with Crippen LogP contribution in [0, 0.1) is 0 Å². The third kappa shape index (κ3) is 4.98. The van der Waals surface area contributed by atoms with Crippen molar-refractivity contribution in [3.8, 4) is 5.75 Å². The van der Waals surface area contributed by atoms with Crippen molar-refractivity contribution in [3.05, 3.63) is 59.8 Å². The number of hydrogen-bond acceptors (Lipinski definition) is 5. The predicted molar refractivity (Wildman–Crippen MR) is 91.6 cm³/mol. The van der Waals surface area contributed by atoms with Crippen molar-refractivity contribution >= 4 is 21.0 Å². The summed E-state index contributed by atoms with van der Waals surface area (Å²) >= 11 is 0. The van der Waals surface area contributed by atoms with E-state index in [1.165, 1.54) is 12.1 Å². The molecule has 6 nitrogen and oxygen atoms in total. The number of halogens is 3. The maximum absolute atomic E-state index is 12.6. The smallest absolute Gasteiger partial charge is 0.416 e. The number of ether oxygens (including phenoxy) is 1.